The van der Waals surface area contributed by atoms with Crippen LogP contribution in [-0.4, -0.2) is 22.4 Å². The minimum Gasteiger partial charge on any atom is -0.347 e. The van der Waals surface area contributed by atoms with E-state index in [1.54, 1.807) is 6.33 Å². The number of imidazole rings is 1. The van der Waals surface area contributed by atoms with E-state index in [0.717, 1.165) is 30.8 Å². The molecule has 0 radical (unpaired) electrons. The van der Waals surface area contributed by atoms with Crippen LogP contribution in [0.2, 0.25) is 0 Å². The number of rotatable bonds is 3. The highest BCUT2D eigenvalue weighted by molar-refractivity contribution is 5.92. The van der Waals surface area contributed by atoms with Crippen molar-refractivity contribution in [3.05, 3.63) is 48.5 Å². The molecule has 5 nitrogen and oxygen atoms in total. The minimum atomic E-state index is 0.0322. The molecule has 1 saturated heterocycles. The zero-order chi connectivity index (χ0) is 13.8. The molecule has 1 aliphatic heterocycles. The SMILES string of the molecule is O=C(Nc1ccccc1)C1CCNC(c2cnc[nH]2)C1. The van der Waals surface area contributed by atoms with Gasteiger partial charge in [-0.05, 0) is 31.5 Å². The van der Waals surface area contributed by atoms with Gasteiger partial charge in [-0.3, -0.25) is 4.79 Å². The first-order chi connectivity index (χ1) is 9.83. The van der Waals surface area contributed by atoms with Gasteiger partial charge in [0.05, 0.1) is 12.0 Å². The molecule has 1 amide bonds. The highest BCUT2D eigenvalue weighted by Gasteiger charge is 2.28. The number of anilines is 1. The highest BCUT2D eigenvalue weighted by atomic mass is 16.1. The van der Waals surface area contributed by atoms with Gasteiger partial charge in [-0.1, -0.05) is 18.2 Å². The molecule has 1 fully saturated rings. The molecule has 20 heavy (non-hydrogen) atoms. The van der Waals surface area contributed by atoms with Crippen LogP contribution in [0.5, 0.6) is 0 Å². The molecule has 0 aliphatic carbocycles. The Hall–Kier alpha value is -2.14. The van der Waals surface area contributed by atoms with E-state index in [9.17, 15) is 4.79 Å². The summed E-state index contributed by atoms with van der Waals surface area (Å²) < 4.78 is 0. The van der Waals surface area contributed by atoms with Crippen molar-refractivity contribution in [1.82, 2.24) is 15.3 Å². The Kier molecular flexibility index (Phi) is 3.78. The Morgan fingerprint density at radius 1 is 1.30 bits per heavy atom. The van der Waals surface area contributed by atoms with E-state index in [-0.39, 0.29) is 17.9 Å². The maximum absolute atomic E-state index is 12.3. The van der Waals surface area contributed by atoms with Crippen LogP contribution < -0.4 is 10.6 Å². The molecule has 2 unspecified atom stereocenters. The van der Waals surface area contributed by atoms with E-state index in [0.29, 0.717) is 0 Å². The van der Waals surface area contributed by atoms with Crippen molar-refractivity contribution in [3.8, 4) is 0 Å². The summed E-state index contributed by atoms with van der Waals surface area (Å²) in [5, 5.41) is 6.40. The van der Waals surface area contributed by atoms with Crippen LogP contribution in [0.4, 0.5) is 5.69 Å². The average Bonchev–Trinajstić information content (AvgIpc) is 3.03. The topological polar surface area (TPSA) is 69.8 Å². The fourth-order valence-corrected chi connectivity index (χ4v) is 2.62. The van der Waals surface area contributed by atoms with E-state index in [1.807, 2.05) is 36.5 Å². The Morgan fingerprint density at radius 3 is 2.90 bits per heavy atom. The second kappa shape index (κ2) is 5.88. The number of carbonyl (C=O) groups is 1. The van der Waals surface area contributed by atoms with Crippen molar-refractivity contribution in [1.29, 1.82) is 0 Å². The van der Waals surface area contributed by atoms with E-state index in [2.05, 4.69) is 20.6 Å². The largest absolute Gasteiger partial charge is 0.347 e. The lowest BCUT2D eigenvalue weighted by atomic mass is 9.90. The lowest BCUT2D eigenvalue weighted by Crippen LogP contribution is -2.37. The summed E-state index contributed by atoms with van der Waals surface area (Å²) in [6.45, 7) is 0.844. The molecule has 1 aromatic carbocycles. The number of amides is 1. The lowest BCUT2D eigenvalue weighted by molar-refractivity contribution is -0.120. The molecule has 5 heteroatoms. The van der Waals surface area contributed by atoms with Crippen molar-refractivity contribution in [3.63, 3.8) is 0 Å². The number of benzene rings is 1. The van der Waals surface area contributed by atoms with E-state index in [4.69, 9.17) is 0 Å². The first kappa shape index (κ1) is 12.9. The maximum Gasteiger partial charge on any atom is 0.227 e. The van der Waals surface area contributed by atoms with Crippen LogP contribution in [0.15, 0.2) is 42.9 Å². The van der Waals surface area contributed by atoms with Crippen LogP contribution >= 0.6 is 0 Å². The third-order valence-electron chi connectivity index (χ3n) is 3.71. The van der Waals surface area contributed by atoms with E-state index >= 15 is 0 Å². The second-order valence-corrected chi connectivity index (χ2v) is 5.09. The number of carbonyl (C=O) groups excluding carboxylic acids is 1. The molecule has 2 aromatic rings. The van der Waals surface area contributed by atoms with E-state index < -0.39 is 0 Å². The minimum absolute atomic E-state index is 0.0322. The molecule has 3 N–H and O–H groups in total. The van der Waals surface area contributed by atoms with Gasteiger partial charge in [0.2, 0.25) is 5.91 Å². The summed E-state index contributed by atoms with van der Waals surface area (Å²) >= 11 is 0. The molecular formula is C15H18N4O. The summed E-state index contributed by atoms with van der Waals surface area (Å²) in [5.74, 6) is 0.131. The van der Waals surface area contributed by atoms with Crippen LogP contribution in [0, 0.1) is 5.92 Å². The number of hydrogen-bond donors (Lipinski definition) is 3. The molecule has 1 aromatic heterocycles. The second-order valence-electron chi connectivity index (χ2n) is 5.09. The highest BCUT2D eigenvalue weighted by Crippen LogP contribution is 2.26. The number of nitrogens with zero attached hydrogens (tertiary/aromatic N) is 1. The normalized spacial score (nSPS) is 22.4. The predicted molar refractivity (Wildman–Crippen MR) is 77.1 cm³/mol. The Morgan fingerprint density at radius 2 is 2.15 bits per heavy atom. The van der Waals surface area contributed by atoms with Gasteiger partial charge in [-0.2, -0.15) is 0 Å². The summed E-state index contributed by atoms with van der Waals surface area (Å²) in [6, 6.07) is 9.78. The van der Waals surface area contributed by atoms with Gasteiger partial charge in [0, 0.05) is 23.8 Å². The Bertz CT molecular complexity index is 553. The van der Waals surface area contributed by atoms with Crippen molar-refractivity contribution < 1.29 is 4.79 Å². The third-order valence-corrected chi connectivity index (χ3v) is 3.71. The molecule has 2 atom stereocenters. The van der Waals surface area contributed by atoms with Crippen LogP contribution in [-0.2, 0) is 4.79 Å². The third kappa shape index (κ3) is 2.88. The van der Waals surface area contributed by atoms with E-state index in [1.165, 1.54) is 0 Å². The maximum atomic E-state index is 12.3. The van der Waals surface area contributed by atoms with Crippen molar-refractivity contribution in [2.24, 2.45) is 5.92 Å². The molecule has 2 heterocycles. The average molecular weight is 270 g/mol. The number of hydrogen-bond acceptors (Lipinski definition) is 3. The number of para-hydroxylation sites is 1. The van der Waals surface area contributed by atoms with Crippen LogP contribution in [0.3, 0.4) is 0 Å². The fraction of sp³-hybridized carbons (Fsp3) is 0.333. The smallest absolute Gasteiger partial charge is 0.227 e. The summed E-state index contributed by atoms with van der Waals surface area (Å²) in [4.78, 5) is 19.5. The van der Waals surface area contributed by atoms with Gasteiger partial charge in [0.15, 0.2) is 0 Å². The Labute approximate surface area is 117 Å². The van der Waals surface area contributed by atoms with Gasteiger partial charge in [-0.25, -0.2) is 4.98 Å². The number of aromatic nitrogens is 2. The lowest BCUT2D eigenvalue weighted by Gasteiger charge is -2.28. The number of piperidine rings is 1. The molecule has 0 bridgehead atoms. The van der Waals surface area contributed by atoms with Gasteiger partial charge in [0.1, 0.15) is 0 Å². The molecule has 1 aliphatic rings. The number of aromatic amines is 1. The van der Waals surface area contributed by atoms with Crippen molar-refractivity contribution >= 4 is 11.6 Å². The predicted octanol–water partition coefficient (Wildman–Crippen LogP) is 2.09. The summed E-state index contributed by atoms with van der Waals surface area (Å²) in [7, 11) is 0. The first-order valence-corrected chi connectivity index (χ1v) is 6.90. The zero-order valence-electron chi connectivity index (χ0n) is 11.2. The number of nitrogens with one attached hydrogen (secondary N) is 3. The van der Waals surface area contributed by atoms with Gasteiger partial charge in [0.25, 0.3) is 0 Å². The van der Waals surface area contributed by atoms with Crippen LogP contribution in [0.25, 0.3) is 0 Å². The summed E-state index contributed by atoms with van der Waals surface area (Å²) in [6.07, 6.45) is 5.14. The molecule has 3 rings (SSSR count). The van der Waals surface area contributed by atoms with Gasteiger partial charge < -0.3 is 15.6 Å². The quantitative estimate of drug-likeness (QED) is 0.800. The fourth-order valence-electron chi connectivity index (χ4n) is 2.62. The molecule has 0 saturated carbocycles. The standard InChI is InChI=1S/C15H18N4O/c20-15(19-12-4-2-1-3-5-12)11-6-7-17-13(8-11)14-9-16-10-18-14/h1-5,9-11,13,17H,6-8H2,(H,16,18)(H,19,20). The zero-order valence-corrected chi connectivity index (χ0v) is 11.2. The molecule has 0 spiro atoms. The Balaban J connectivity index is 1.63. The van der Waals surface area contributed by atoms with Gasteiger partial charge in [-0.15, -0.1) is 0 Å². The van der Waals surface area contributed by atoms with Crippen LogP contribution in [0.1, 0.15) is 24.6 Å². The number of H-pyrrole nitrogens is 1. The summed E-state index contributed by atoms with van der Waals surface area (Å²) in [5.41, 5.74) is 1.90. The molecule has 104 valence electrons. The van der Waals surface area contributed by atoms with Crippen molar-refractivity contribution in [2.75, 3.05) is 11.9 Å². The van der Waals surface area contributed by atoms with Crippen molar-refractivity contribution in [2.45, 2.75) is 18.9 Å². The molecular weight excluding hydrogens is 252 g/mol. The first-order valence-electron chi connectivity index (χ1n) is 6.90. The van der Waals surface area contributed by atoms with Gasteiger partial charge >= 0.3 is 0 Å². The monoisotopic (exact) mass is 270 g/mol.